The van der Waals surface area contributed by atoms with E-state index < -0.39 is 11.7 Å². The van der Waals surface area contributed by atoms with Crippen molar-refractivity contribution in [2.75, 3.05) is 39.3 Å². The zero-order chi connectivity index (χ0) is 22.1. The van der Waals surface area contributed by atoms with Crippen LogP contribution in [0.2, 0.25) is 5.02 Å². The largest absolute Gasteiger partial charge is 0.484 e. The van der Waals surface area contributed by atoms with E-state index in [9.17, 15) is 14.4 Å². The predicted octanol–water partition coefficient (Wildman–Crippen LogP) is 2.69. The van der Waals surface area contributed by atoms with Gasteiger partial charge in [0.1, 0.15) is 11.4 Å². The first kappa shape index (κ1) is 23.8. The molecular formula is C21H30ClN3O5. The Morgan fingerprint density at radius 3 is 2.20 bits per heavy atom. The van der Waals surface area contributed by atoms with Crippen LogP contribution in [0.5, 0.6) is 5.75 Å². The van der Waals surface area contributed by atoms with Crippen molar-refractivity contribution >= 4 is 29.5 Å². The molecule has 30 heavy (non-hydrogen) atoms. The molecule has 3 amide bonds. The fourth-order valence-electron chi connectivity index (χ4n) is 2.93. The first-order valence-corrected chi connectivity index (χ1v) is 10.4. The second-order valence-corrected chi connectivity index (χ2v) is 8.47. The van der Waals surface area contributed by atoms with E-state index in [4.69, 9.17) is 21.1 Å². The fraction of sp³-hybridized carbons (Fsp3) is 0.571. The molecule has 1 aliphatic heterocycles. The summed E-state index contributed by atoms with van der Waals surface area (Å²) in [5.41, 5.74) is -0.577. The van der Waals surface area contributed by atoms with E-state index in [1.54, 1.807) is 54.8 Å². The van der Waals surface area contributed by atoms with Crippen LogP contribution >= 0.6 is 11.6 Å². The maximum Gasteiger partial charge on any atom is 0.407 e. The van der Waals surface area contributed by atoms with Crippen LogP contribution in [0, 0.1) is 0 Å². The lowest BCUT2D eigenvalue weighted by Crippen LogP contribution is -2.40. The van der Waals surface area contributed by atoms with Gasteiger partial charge in [-0.15, -0.1) is 0 Å². The summed E-state index contributed by atoms with van der Waals surface area (Å²) in [4.78, 5) is 40.0. The van der Waals surface area contributed by atoms with Gasteiger partial charge in [0.05, 0.1) is 0 Å². The van der Waals surface area contributed by atoms with Crippen LogP contribution in [0.25, 0.3) is 0 Å². The van der Waals surface area contributed by atoms with E-state index in [0.717, 1.165) is 0 Å². The highest BCUT2D eigenvalue weighted by Crippen LogP contribution is 2.15. The van der Waals surface area contributed by atoms with E-state index >= 15 is 0 Å². The first-order valence-electron chi connectivity index (χ1n) is 10.0. The van der Waals surface area contributed by atoms with Crippen molar-refractivity contribution in [2.24, 2.45) is 0 Å². The summed E-state index contributed by atoms with van der Waals surface area (Å²) >= 11 is 5.84. The minimum Gasteiger partial charge on any atom is -0.484 e. The smallest absolute Gasteiger partial charge is 0.407 e. The number of hydrogen-bond acceptors (Lipinski definition) is 5. The molecule has 1 aromatic carbocycles. The fourth-order valence-corrected chi connectivity index (χ4v) is 3.05. The van der Waals surface area contributed by atoms with E-state index in [1.807, 2.05) is 0 Å². The lowest BCUT2D eigenvalue weighted by atomic mass is 10.2. The number of rotatable bonds is 6. The van der Waals surface area contributed by atoms with Gasteiger partial charge in [-0.2, -0.15) is 0 Å². The van der Waals surface area contributed by atoms with E-state index in [1.165, 1.54) is 0 Å². The lowest BCUT2D eigenvalue weighted by molar-refractivity contribution is -0.134. The number of benzene rings is 1. The monoisotopic (exact) mass is 439 g/mol. The Morgan fingerprint density at radius 1 is 1.00 bits per heavy atom. The maximum atomic E-state index is 12.4. The predicted molar refractivity (Wildman–Crippen MR) is 114 cm³/mol. The van der Waals surface area contributed by atoms with Crippen molar-refractivity contribution in [3.63, 3.8) is 0 Å². The quantitative estimate of drug-likeness (QED) is 0.736. The molecule has 1 saturated heterocycles. The average Bonchev–Trinajstić information content (AvgIpc) is 2.92. The number of amides is 3. The molecular weight excluding hydrogens is 410 g/mol. The van der Waals surface area contributed by atoms with Crippen LogP contribution in [0.1, 0.15) is 33.6 Å². The van der Waals surface area contributed by atoms with Crippen molar-refractivity contribution in [1.29, 1.82) is 0 Å². The van der Waals surface area contributed by atoms with Crippen molar-refractivity contribution < 1.29 is 23.9 Å². The summed E-state index contributed by atoms with van der Waals surface area (Å²) in [6.45, 7) is 7.55. The number of ether oxygens (including phenoxy) is 2. The van der Waals surface area contributed by atoms with Crippen LogP contribution in [0.4, 0.5) is 4.79 Å². The molecule has 0 bridgehead atoms. The minimum absolute atomic E-state index is 0.0576. The molecule has 1 heterocycles. The minimum atomic E-state index is -0.577. The highest BCUT2D eigenvalue weighted by atomic mass is 35.5. The number of nitrogens with zero attached hydrogens (tertiary/aromatic N) is 2. The molecule has 0 radical (unpaired) electrons. The summed E-state index contributed by atoms with van der Waals surface area (Å²) in [6.07, 6.45) is 0.341. The van der Waals surface area contributed by atoms with E-state index in [0.29, 0.717) is 43.4 Å². The van der Waals surface area contributed by atoms with Crippen LogP contribution < -0.4 is 10.1 Å². The molecule has 0 aliphatic carbocycles. The molecule has 2 rings (SSSR count). The molecule has 8 nitrogen and oxygen atoms in total. The van der Waals surface area contributed by atoms with Crippen molar-refractivity contribution in [2.45, 2.75) is 39.2 Å². The number of hydrogen-bond donors (Lipinski definition) is 1. The molecule has 166 valence electrons. The Hall–Kier alpha value is -2.48. The molecule has 1 N–H and O–H groups in total. The molecule has 1 fully saturated rings. The Kier molecular flexibility index (Phi) is 8.77. The van der Waals surface area contributed by atoms with Gasteiger partial charge in [-0.3, -0.25) is 9.59 Å². The third-order valence-corrected chi connectivity index (χ3v) is 4.64. The maximum absolute atomic E-state index is 12.4. The SMILES string of the molecule is CC(C)(C)OC(=O)NCCC(=O)N1CCCN(C(=O)COc2ccc(Cl)cc2)CC1. The van der Waals surface area contributed by atoms with Crippen LogP contribution in [-0.2, 0) is 14.3 Å². The molecule has 1 aromatic rings. The van der Waals surface area contributed by atoms with Crippen molar-refractivity contribution in [3.8, 4) is 5.75 Å². The molecule has 0 aromatic heterocycles. The summed E-state index contributed by atoms with van der Waals surface area (Å²) < 4.78 is 10.7. The van der Waals surface area contributed by atoms with Gasteiger partial charge in [0, 0.05) is 44.2 Å². The standard InChI is InChI=1S/C21H30ClN3O5/c1-21(2,3)30-20(28)23-10-9-18(26)24-11-4-12-25(14-13-24)19(27)15-29-17-7-5-16(22)6-8-17/h5-8H,4,9-15H2,1-3H3,(H,23,28). The zero-order valence-corrected chi connectivity index (χ0v) is 18.5. The average molecular weight is 440 g/mol. The van der Waals surface area contributed by atoms with Crippen molar-refractivity contribution in [3.05, 3.63) is 29.3 Å². The third-order valence-electron chi connectivity index (χ3n) is 4.38. The summed E-state index contributed by atoms with van der Waals surface area (Å²) in [6, 6.07) is 6.83. The second-order valence-electron chi connectivity index (χ2n) is 8.04. The highest BCUT2D eigenvalue weighted by molar-refractivity contribution is 6.30. The lowest BCUT2D eigenvalue weighted by Gasteiger charge is -2.23. The summed E-state index contributed by atoms with van der Waals surface area (Å²) in [5.74, 6) is 0.403. The van der Waals surface area contributed by atoms with Crippen molar-refractivity contribution in [1.82, 2.24) is 15.1 Å². The number of halogens is 1. The van der Waals surface area contributed by atoms with Gasteiger partial charge < -0.3 is 24.6 Å². The summed E-state index contributed by atoms with van der Waals surface area (Å²) in [7, 11) is 0. The van der Waals surface area contributed by atoms with Crippen LogP contribution in [0.15, 0.2) is 24.3 Å². The molecule has 0 spiro atoms. The number of carbonyl (C=O) groups excluding carboxylic acids is 3. The number of alkyl carbamates (subject to hydrolysis) is 1. The molecule has 1 aliphatic rings. The van der Waals surface area contributed by atoms with Gasteiger partial charge in [0.25, 0.3) is 5.91 Å². The topological polar surface area (TPSA) is 88.2 Å². The second kappa shape index (κ2) is 11.1. The zero-order valence-electron chi connectivity index (χ0n) is 17.8. The third kappa shape index (κ3) is 8.49. The number of nitrogens with one attached hydrogen (secondary N) is 1. The number of carbonyl (C=O) groups is 3. The van der Waals surface area contributed by atoms with Gasteiger partial charge >= 0.3 is 6.09 Å². The molecule has 0 saturated carbocycles. The van der Waals surface area contributed by atoms with Gasteiger partial charge in [0.2, 0.25) is 5.91 Å². The van der Waals surface area contributed by atoms with E-state index in [-0.39, 0.29) is 31.4 Å². The Labute approximate surface area is 182 Å². The Bertz CT molecular complexity index is 733. The molecule has 0 unspecified atom stereocenters. The normalized spacial score (nSPS) is 14.7. The van der Waals surface area contributed by atoms with Crippen LogP contribution in [-0.4, -0.2) is 72.6 Å². The van der Waals surface area contributed by atoms with Gasteiger partial charge in [-0.25, -0.2) is 4.79 Å². The first-order chi connectivity index (χ1) is 14.1. The molecule has 9 heteroatoms. The molecule has 0 atom stereocenters. The van der Waals surface area contributed by atoms with Gasteiger partial charge in [0.15, 0.2) is 6.61 Å². The Morgan fingerprint density at radius 2 is 1.60 bits per heavy atom. The van der Waals surface area contributed by atoms with Gasteiger partial charge in [-0.1, -0.05) is 11.6 Å². The highest BCUT2D eigenvalue weighted by Gasteiger charge is 2.22. The van der Waals surface area contributed by atoms with Gasteiger partial charge in [-0.05, 0) is 51.5 Å². The summed E-state index contributed by atoms with van der Waals surface area (Å²) in [5, 5.41) is 3.19. The Balaban J connectivity index is 1.71. The van der Waals surface area contributed by atoms with E-state index in [2.05, 4.69) is 5.32 Å². The van der Waals surface area contributed by atoms with Crippen LogP contribution in [0.3, 0.4) is 0 Å².